The second kappa shape index (κ2) is 5.38. The van der Waals surface area contributed by atoms with Gasteiger partial charge in [-0.25, -0.2) is 0 Å². The number of hydrogen-bond acceptors (Lipinski definition) is 3. The van der Waals surface area contributed by atoms with Crippen molar-refractivity contribution in [3.8, 4) is 5.75 Å². The number of piperidine rings is 1. The van der Waals surface area contributed by atoms with E-state index in [4.69, 9.17) is 0 Å². The van der Waals surface area contributed by atoms with Gasteiger partial charge in [0.25, 0.3) is 0 Å². The fraction of sp³-hybridized carbons (Fsp3) is 0.538. The Labute approximate surface area is 114 Å². The van der Waals surface area contributed by atoms with E-state index in [2.05, 4.69) is 6.92 Å². The second-order valence-corrected chi connectivity index (χ2v) is 7.04. The summed E-state index contributed by atoms with van der Waals surface area (Å²) in [5.74, 6) is 0.643. The molecule has 1 aromatic rings. The Kier molecular flexibility index (Phi) is 4.01. The molecule has 0 spiro atoms. The van der Waals surface area contributed by atoms with Gasteiger partial charge in [0.2, 0.25) is 0 Å². The molecule has 106 valence electrons. The normalized spacial score (nSPS) is 18.4. The van der Waals surface area contributed by atoms with Gasteiger partial charge in [-0.05, 0) is 30.9 Å². The third-order valence-corrected chi connectivity index (χ3v) is 5.53. The molecule has 0 bridgehead atoms. The van der Waals surface area contributed by atoms with Crippen LogP contribution in [0.4, 0.5) is 5.69 Å². The molecule has 1 aliphatic heterocycles. The highest BCUT2D eigenvalue weighted by Gasteiger charge is 2.30. The minimum atomic E-state index is -3.50. The molecule has 19 heavy (non-hydrogen) atoms. The van der Waals surface area contributed by atoms with E-state index in [-0.39, 0.29) is 5.75 Å². The third-order valence-electron chi connectivity index (χ3n) is 3.61. The van der Waals surface area contributed by atoms with Gasteiger partial charge in [-0.1, -0.05) is 13.0 Å². The van der Waals surface area contributed by atoms with E-state index in [1.54, 1.807) is 12.1 Å². The van der Waals surface area contributed by atoms with Crippen LogP contribution in [0.2, 0.25) is 0 Å². The molecule has 1 fully saturated rings. The standard InChI is InChI=1S/C13H20N2O3S/c1-11-6-8-15(9-7-11)19(17,18)14(2)12-4-3-5-13(16)10-12/h3-5,10-11,16H,6-9H2,1-2H3. The second-order valence-electron chi connectivity index (χ2n) is 5.08. The maximum atomic E-state index is 12.5. The number of hydrogen-bond donors (Lipinski definition) is 1. The molecule has 1 aromatic carbocycles. The van der Waals surface area contributed by atoms with E-state index in [0.29, 0.717) is 24.7 Å². The predicted octanol–water partition coefficient (Wildman–Crippen LogP) is 1.81. The first-order chi connectivity index (χ1) is 8.91. The first-order valence-corrected chi connectivity index (χ1v) is 7.84. The number of anilines is 1. The molecular formula is C13H20N2O3S. The number of nitrogens with zero attached hydrogens (tertiary/aromatic N) is 2. The first-order valence-electron chi connectivity index (χ1n) is 6.44. The molecule has 5 nitrogen and oxygen atoms in total. The fourth-order valence-corrected chi connectivity index (χ4v) is 3.61. The van der Waals surface area contributed by atoms with Crippen molar-refractivity contribution >= 4 is 15.9 Å². The average Bonchev–Trinajstić information content (AvgIpc) is 2.38. The lowest BCUT2D eigenvalue weighted by Gasteiger charge is -2.33. The maximum absolute atomic E-state index is 12.5. The van der Waals surface area contributed by atoms with Gasteiger partial charge < -0.3 is 5.11 Å². The van der Waals surface area contributed by atoms with Gasteiger partial charge in [0.1, 0.15) is 5.75 Å². The van der Waals surface area contributed by atoms with Crippen LogP contribution in [0.3, 0.4) is 0 Å². The molecule has 1 saturated heterocycles. The zero-order valence-electron chi connectivity index (χ0n) is 11.3. The van der Waals surface area contributed by atoms with Crippen LogP contribution >= 0.6 is 0 Å². The highest BCUT2D eigenvalue weighted by Crippen LogP contribution is 2.25. The number of aromatic hydroxyl groups is 1. The quantitative estimate of drug-likeness (QED) is 0.920. The van der Waals surface area contributed by atoms with Crippen molar-refractivity contribution in [3.63, 3.8) is 0 Å². The van der Waals surface area contributed by atoms with Crippen LogP contribution in [0.15, 0.2) is 24.3 Å². The van der Waals surface area contributed by atoms with Gasteiger partial charge in [0, 0.05) is 26.2 Å². The van der Waals surface area contributed by atoms with Crippen LogP contribution in [0, 0.1) is 5.92 Å². The van der Waals surface area contributed by atoms with E-state index >= 15 is 0 Å². The Morgan fingerprint density at radius 2 is 1.95 bits per heavy atom. The van der Waals surface area contributed by atoms with E-state index < -0.39 is 10.2 Å². The van der Waals surface area contributed by atoms with Crippen molar-refractivity contribution < 1.29 is 13.5 Å². The van der Waals surface area contributed by atoms with Gasteiger partial charge in [0.05, 0.1) is 5.69 Å². The predicted molar refractivity (Wildman–Crippen MR) is 75.4 cm³/mol. The number of phenols is 1. The summed E-state index contributed by atoms with van der Waals surface area (Å²) >= 11 is 0. The molecule has 0 aromatic heterocycles. The molecule has 0 unspecified atom stereocenters. The lowest BCUT2D eigenvalue weighted by molar-refractivity contribution is 0.287. The molecule has 1 aliphatic rings. The Balaban J connectivity index is 2.19. The molecule has 0 amide bonds. The SMILES string of the molecule is CC1CCN(S(=O)(=O)N(C)c2cccc(O)c2)CC1. The van der Waals surface area contributed by atoms with Crippen molar-refractivity contribution in [1.29, 1.82) is 0 Å². The summed E-state index contributed by atoms with van der Waals surface area (Å²) in [5, 5.41) is 9.44. The van der Waals surface area contributed by atoms with Gasteiger partial charge in [-0.2, -0.15) is 12.7 Å². The highest BCUT2D eigenvalue weighted by atomic mass is 32.2. The molecule has 1 N–H and O–H groups in total. The van der Waals surface area contributed by atoms with E-state index in [0.717, 1.165) is 12.8 Å². The number of benzene rings is 1. The zero-order chi connectivity index (χ0) is 14.0. The molecular weight excluding hydrogens is 264 g/mol. The van der Waals surface area contributed by atoms with Gasteiger partial charge in [0.15, 0.2) is 0 Å². The fourth-order valence-electron chi connectivity index (χ4n) is 2.21. The van der Waals surface area contributed by atoms with E-state index in [9.17, 15) is 13.5 Å². The van der Waals surface area contributed by atoms with Gasteiger partial charge in [-0.15, -0.1) is 0 Å². The number of rotatable bonds is 3. The minimum absolute atomic E-state index is 0.0619. The monoisotopic (exact) mass is 284 g/mol. The number of phenolic OH excluding ortho intramolecular Hbond substituents is 1. The molecule has 0 atom stereocenters. The summed E-state index contributed by atoms with van der Waals surface area (Å²) in [6.45, 7) is 3.27. The Hall–Kier alpha value is -1.27. The summed E-state index contributed by atoms with van der Waals surface area (Å²) in [6.07, 6.45) is 1.79. The van der Waals surface area contributed by atoms with Crippen LogP contribution in [0.5, 0.6) is 5.75 Å². The Morgan fingerprint density at radius 3 is 2.53 bits per heavy atom. The summed E-state index contributed by atoms with van der Waals surface area (Å²) in [7, 11) is -1.98. The van der Waals surface area contributed by atoms with E-state index in [1.165, 1.54) is 27.8 Å². The lowest BCUT2D eigenvalue weighted by atomic mass is 10.0. The topological polar surface area (TPSA) is 60.9 Å². The molecule has 1 heterocycles. The van der Waals surface area contributed by atoms with Crippen LogP contribution in [-0.4, -0.2) is 38.0 Å². The Morgan fingerprint density at radius 1 is 1.32 bits per heavy atom. The van der Waals surface area contributed by atoms with Crippen molar-refractivity contribution in [2.45, 2.75) is 19.8 Å². The smallest absolute Gasteiger partial charge is 0.303 e. The lowest BCUT2D eigenvalue weighted by Crippen LogP contribution is -2.45. The molecule has 2 rings (SSSR count). The van der Waals surface area contributed by atoms with Crippen molar-refractivity contribution in [2.24, 2.45) is 5.92 Å². The summed E-state index contributed by atoms with van der Waals surface area (Å²) in [5.41, 5.74) is 0.471. The van der Waals surface area contributed by atoms with E-state index in [1.807, 2.05) is 0 Å². The van der Waals surface area contributed by atoms with Crippen LogP contribution in [-0.2, 0) is 10.2 Å². The Bertz CT molecular complexity index is 537. The average molecular weight is 284 g/mol. The maximum Gasteiger partial charge on any atom is 0.303 e. The summed E-state index contributed by atoms with van der Waals surface area (Å²) in [6, 6.07) is 6.27. The minimum Gasteiger partial charge on any atom is -0.508 e. The first kappa shape index (κ1) is 14.1. The largest absolute Gasteiger partial charge is 0.508 e. The summed E-state index contributed by atoms with van der Waals surface area (Å²) < 4.78 is 27.7. The zero-order valence-corrected chi connectivity index (χ0v) is 12.1. The van der Waals surface area contributed by atoms with Crippen LogP contribution < -0.4 is 4.31 Å². The van der Waals surface area contributed by atoms with Crippen LogP contribution in [0.25, 0.3) is 0 Å². The molecule has 6 heteroatoms. The van der Waals surface area contributed by atoms with Crippen molar-refractivity contribution in [3.05, 3.63) is 24.3 Å². The summed E-state index contributed by atoms with van der Waals surface area (Å²) in [4.78, 5) is 0. The third kappa shape index (κ3) is 3.01. The van der Waals surface area contributed by atoms with Gasteiger partial charge >= 0.3 is 10.2 Å². The van der Waals surface area contributed by atoms with Crippen LogP contribution in [0.1, 0.15) is 19.8 Å². The highest BCUT2D eigenvalue weighted by molar-refractivity contribution is 7.90. The molecule has 0 aliphatic carbocycles. The molecule has 0 radical (unpaired) electrons. The van der Waals surface area contributed by atoms with Crippen molar-refractivity contribution in [1.82, 2.24) is 4.31 Å². The van der Waals surface area contributed by atoms with Gasteiger partial charge in [-0.3, -0.25) is 4.31 Å². The molecule has 0 saturated carbocycles. The van der Waals surface area contributed by atoms with Crippen molar-refractivity contribution in [2.75, 3.05) is 24.4 Å².